The van der Waals surface area contributed by atoms with E-state index in [1.54, 1.807) is 24.5 Å². The van der Waals surface area contributed by atoms with Crippen LogP contribution in [0.1, 0.15) is 36.1 Å². The van der Waals surface area contributed by atoms with Crippen molar-refractivity contribution in [3.8, 4) is 6.07 Å². The van der Waals surface area contributed by atoms with Crippen LogP contribution >= 0.6 is 0 Å². The highest BCUT2D eigenvalue weighted by atomic mass is 19.4. The van der Waals surface area contributed by atoms with Crippen LogP contribution in [-0.2, 0) is 27.7 Å². The molecule has 0 radical (unpaired) electrons. The van der Waals surface area contributed by atoms with Crippen molar-refractivity contribution in [2.24, 2.45) is 0 Å². The Bertz CT molecular complexity index is 1750. The predicted molar refractivity (Wildman–Crippen MR) is 154 cm³/mol. The van der Waals surface area contributed by atoms with Crippen molar-refractivity contribution in [2.75, 3.05) is 31.2 Å². The zero-order valence-corrected chi connectivity index (χ0v) is 23.8. The number of pyridine rings is 1. The number of anilines is 1. The minimum atomic E-state index is -4.44. The van der Waals surface area contributed by atoms with E-state index in [-0.39, 0.29) is 23.3 Å². The van der Waals surface area contributed by atoms with Crippen molar-refractivity contribution < 1.29 is 36.6 Å². The van der Waals surface area contributed by atoms with E-state index >= 15 is 0 Å². The van der Waals surface area contributed by atoms with Crippen molar-refractivity contribution in [2.45, 2.75) is 32.0 Å². The van der Waals surface area contributed by atoms with Gasteiger partial charge in [0, 0.05) is 25.8 Å². The summed E-state index contributed by atoms with van der Waals surface area (Å²) in [5, 5.41) is 18.2. The minimum Gasteiger partial charge on any atom is -0.481 e. The fourth-order valence-corrected chi connectivity index (χ4v) is 4.64. The topological polar surface area (TPSA) is 95.6 Å². The summed E-state index contributed by atoms with van der Waals surface area (Å²) in [6.45, 7) is 5.15. The van der Waals surface area contributed by atoms with E-state index in [9.17, 15) is 36.8 Å². The number of rotatable bonds is 5. The maximum Gasteiger partial charge on any atom is 0.416 e. The van der Waals surface area contributed by atoms with E-state index in [2.05, 4.69) is 0 Å². The number of carboxylic acids is 1. The molecule has 1 aliphatic heterocycles. The standard InChI is InChI=1S/C22H17F4N3O2.C10H11FO2/c23-18-9-17-19(10-20(18)28-5-7-31-8-6-28)29(13-15(11-27)21(17)30)12-14-1-3-16(4-2-14)22(24,25)26;1-10(2,9(12)13)7-3-5-8(11)6-4-7/h1-4,9-10,13H,5-8,12H2;3-6H,1-2H3,(H,12,13). The SMILES string of the molecule is CC(C)(C(=O)O)c1ccc(F)cc1.N#Cc1cn(Cc2ccc(C(F)(F)F)cc2)c2cc(N3CCOCC3)c(F)cc2c1=O. The van der Waals surface area contributed by atoms with Gasteiger partial charge < -0.3 is 19.3 Å². The Hall–Kier alpha value is -4.76. The number of nitriles is 1. The zero-order valence-electron chi connectivity index (χ0n) is 23.8. The first-order valence-corrected chi connectivity index (χ1v) is 13.5. The Kier molecular flexibility index (Phi) is 9.39. The quantitative estimate of drug-likeness (QED) is 0.273. The summed E-state index contributed by atoms with van der Waals surface area (Å²) >= 11 is 0. The molecule has 4 aromatic rings. The number of hydrogen-bond donors (Lipinski definition) is 1. The Morgan fingerprint density at radius 3 is 2.11 bits per heavy atom. The van der Waals surface area contributed by atoms with Gasteiger partial charge >= 0.3 is 12.1 Å². The number of morpholine rings is 1. The first kappa shape index (κ1) is 32.2. The molecule has 1 saturated heterocycles. The molecule has 230 valence electrons. The molecule has 5 rings (SSSR count). The number of ether oxygens (including phenoxy) is 1. The van der Waals surface area contributed by atoms with Crippen molar-refractivity contribution in [1.29, 1.82) is 5.26 Å². The summed E-state index contributed by atoms with van der Waals surface area (Å²) < 4.78 is 72.7. The molecule has 0 atom stereocenters. The van der Waals surface area contributed by atoms with Gasteiger partial charge in [-0.05, 0) is 61.4 Å². The van der Waals surface area contributed by atoms with E-state index in [0.29, 0.717) is 48.6 Å². The molecule has 0 bridgehead atoms. The van der Waals surface area contributed by atoms with E-state index in [1.165, 1.54) is 42.6 Å². The molecule has 3 aromatic carbocycles. The number of nitrogens with zero attached hydrogens (tertiary/aromatic N) is 3. The zero-order chi connectivity index (χ0) is 32.2. The molecular formula is C32H28F5N3O4. The third-order valence-corrected chi connectivity index (χ3v) is 7.36. The molecule has 2 heterocycles. The largest absolute Gasteiger partial charge is 0.481 e. The van der Waals surface area contributed by atoms with Crippen molar-refractivity contribution in [3.05, 3.63) is 111 Å². The van der Waals surface area contributed by atoms with Crippen LogP contribution in [0.3, 0.4) is 0 Å². The monoisotopic (exact) mass is 613 g/mol. The van der Waals surface area contributed by atoms with E-state index in [0.717, 1.165) is 18.2 Å². The van der Waals surface area contributed by atoms with Crippen LogP contribution in [0.5, 0.6) is 0 Å². The highest BCUT2D eigenvalue weighted by Crippen LogP contribution is 2.30. The van der Waals surface area contributed by atoms with Gasteiger partial charge in [0.05, 0.1) is 40.8 Å². The van der Waals surface area contributed by atoms with Crippen LogP contribution < -0.4 is 10.3 Å². The van der Waals surface area contributed by atoms with Gasteiger partial charge in [0.15, 0.2) is 0 Å². The predicted octanol–water partition coefficient (Wildman–Crippen LogP) is 6.10. The summed E-state index contributed by atoms with van der Waals surface area (Å²) in [5.41, 5.74) is -0.650. The summed E-state index contributed by atoms with van der Waals surface area (Å²) in [7, 11) is 0. The van der Waals surface area contributed by atoms with Crippen LogP contribution in [0.25, 0.3) is 10.9 Å². The highest BCUT2D eigenvalue weighted by Gasteiger charge is 2.30. The van der Waals surface area contributed by atoms with Gasteiger partial charge in [-0.1, -0.05) is 24.3 Å². The Balaban J connectivity index is 0.000000285. The number of aromatic nitrogens is 1. The fourth-order valence-electron chi connectivity index (χ4n) is 4.64. The molecule has 1 fully saturated rings. The number of carboxylic acid groups (broad SMARTS) is 1. The van der Waals surface area contributed by atoms with Crippen LogP contribution in [0.4, 0.5) is 27.6 Å². The second kappa shape index (κ2) is 12.9. The normalized spacial score (nSPS) is 13.6. The maximum absolute atomic E-state index is 14.8. The van der Waals surface area contributed by atoms with E-state index in [4.69, 9.17) is 9.84 Å². The second-order valence-corrected chi connectivity index (χ2v) is 10.7. The Morgan fingerprint density at radius 1 is 0.977 bits per heavy atom. The van der Waals surface area contributed by atoms with Crippen LogP contribution in [-0.4, -0.2) is 41.9 Å². The third-order valence-electron chi connectivity index (χ3n) is 7.36. The number of aliphatic carboxylic acids is 1. The lowest BCUT2D eigenvalue weighted by atomic mass is 9.85. The van der Waals surface area contributed by atoms with Gasteiger partial charge in [-0.3, -0.25) is 9.59 Å². The van der Waals surface area contributed by atoms with Crippen LogP contribution in [0.15, 0.2) is 71.7 Å². The first-order chi connectivity index (χ1) is 20.7. The summed E-state index contributed by atoms with van der Waals surface area (Å²) in [6.07, 6.45) is -3.09. The van der Waals surface area contributed by atoms with Crippen molar-refractivity contribution >= 4 is 22.6 Å². The molecule has 0 saturated carbocycles. The number of halogens is 5. The minimum absolute atomic E-state index is 0.0421. The third kappa shape index (κ3) is 7.06. The Labute approximate surface area is 249 Å². The molecule has 1 aromatic heterocycles. The number of carbonyl (C=O) groups is 1. The average Bonchev–Trinajstić information content (AvgIpc) is 2.99. The van der Waals surface area contributed by atoms with Gasteiger partial charge in [0.25, 0.3) is 0 Å². The summed E-state index contributed by atoms with van der Waals surface area (Å²) in [6, 6.07) is 14.6. The highest BCUT2D eigenvalue weighted by molar-refractivity contribution is 5.84. The lowest BCUT2D eigenvalue weighted by Crippen LogP contribution is -2.36. The first-order valence-electron chi connectivity index (χ1n) is 13.5. The molecule has 7 nitrogen and oxygen atoms in total. The molecule has 44 heavy (non-hydrogen) atoms. The van der Waals surface area contributed by atoms with Crippen LogP contribution in [0.2, 0.25) is 0 Å². The van der Waals surface area contributed by atoms with E-state index < -0.39 is 34.4 Å². The fraction of sp³-hybridized carbons (Fsp3) is 0.281. The molecule has 0 spiro atoms. The lowest BCUT2D eigenvalue weighted by Gasteiger charge is -2.29. The van der Waals surface area contributed by atoms with Gasteiger partial charge in [0.2, 0.25) is 5.43 Å². The molecule has 0 unspecified atom stereocenters. The van der Waals surface area contributed by atoms with E-state index in [1.807, 2.05) is 11.0 Å². The van der Waals surface area contributed by atoms with Gasteiger partial charge in [-0.25, -0.2) is 8.78 Å². The maximum atomic E-state index is 14.8. The van der Waals surface area contributed by atoms with Crippen molar-refractivity contribution in [3.63, 3.8) is 0 Å². The Morgan fingerprint density at radius 2 is 1.57 bits per heavy atom. The van der Waals surface area contributed by atoms with Gasteiger partial charge in [-0.2, -0.15) is 18.4 Å². The second-order valence-electron chi connectivity index (χ2n) is 10.7. The molecule has 0 amide bonds. The molecule has 12 heteroatoms. The van der Waals surface area contributed by atoms with Crippen LogP contribution in [0, 0.1) is 23.0 Å². The number of hydrogen-bond acceptors (Lipinski definition) is 5. The molecule has 1 aliphatic rings. The smallest absolute Gasteiger partial charge is 0.416 e. The van der Waals surface area contributed by atoms with Gasteiger partial charge in [0.1, 0.15) is 23.3 Å². The number of fused-ring (bicyclic) bond motifs is 1. The molecule has 0 aliphatic carbocycles. The molecule has 1 N–H and O–H groups in total. The number of alkyl halides is 3. The molecular weight excluding hydrogens is 585 g/mol. The number of benzene rings is 3. The summed E-state index contributed by atoms with van der Waals surface area (Å²) in [5.74, 6) is -1.85. The van der Waals surface area contributed by atoms with Gasteiger partial charge in [-0.15, -0.1) is 0 Å². The van der Waals surface area contributed by atoms with Crippen molar-refractivity contribution in [1.82, 2.24) is 4.57 Å². The lowest BCUT2D eigenvalue weighted by molar-refractivity contribution is -0.142. The summed E-state index contributed by atoms with van der Waals surface area (Å²) in [4.78, 5) is 25.2. The average molecular weight is 614 g/mol.